The summed E-state index contributed by atoms with van der Waals surface area (Å²) in [5, 5.41) is 10.9. The van der Waals surface area contributed by atoms with Gasteiger partial charge in [-0.05, 0) is 25.0 Å². The standard InChI is InChI=1S/C14H16F3NO4/c15-14(16,17)9-22-11-6-2-1-5-10(11)18-12(19)7-3-4-8-13(20)21/h1-2,5-6H,3-4,7-9H2,(H,18,19)(H,20,21). The van der Waals surface area contributed by atoms with Gasteiger partial charge in [-0.3, -0.25) is 9.59 Å². The number of carboxylic acid groups (broad SMARTS) is 1. The molecule has 0 saturated carbocycles. The Morgan fingerprint density at radius 2 is 1.77 bits per heavy atom. The van der Waals surface area contributed by atoms with E-state index in [1.807, 2.05) is 0 Å². The Hall–Kier alpha value is -2.25. The van der Waals surface area contributed by atoms with Gasteiger partial charge in [-0.1, -0.05) is 12.1 Å². The zero-order chi connectivity index (χ0) is 16.6. The highest BCUT2D eigenvalue weighted by Gasteiger charge is 2.28. The second-order valence-electron chi connectivity index (χ2n) is 4.55. The van der Waals surface area contributed by atoms with Crippen LogP contribution >= 0.6 is 0 Å². The first-order valence-corrected chi connectivity index (χ1v) is 6.58. The highest BCUT2D eigenvalue weighted by atomic mass is 19.4. The molecule has 0 aliphatic carbocycles. The molecule has 1 aromatic rings. The number of nitrogens with one attached hydrogen (secondary N) is 1. The van der Waals surface area contributed by atoms with Crippen LogP contribution in [0.4, 0.5) is 18.9 Å². The van der Waals surface area contributed by atoms with Crippen molar-refractivity contribution in [3.63, 3.8) is 0 Å². The second-order valence-corrected chi connectivity index (χ2v) is 4.55. The average molecular weight is 319 g/mol. The SMILES string of the molecule is O=C(O)CCCCC(=O)Nc1ccccc1OCC(F)(F)F. The number of amides is 1. The molecule has 0 bridgehead atoms. The molecular weight excluding hydrogens is 303 g/mol. The first-order valence-electron chi connectivity index (χ1n) is 6.58. The summed E-state index contributed by atoms with van der Waals surface area (Å²) >= 11 is 0. The van der Waals surface area contributed by atoms with Crippen LogP contribution in [0.25, 0.3) is 0 Å². The van der Waals surface area contributed by atoms with Crippen molar-refractivity contribution in [2.75, 3.05) is 11.9 Å². The third-order valence-corrected chi connectivity index (χ3v) is 2.60. The Labute approximate surface area is 125 Å². The minimum Gasteiger partial charge on any atom is -0.482 e. The molecule has 22 heavy (non-hydrogen) atoms. The van der Waals surface area contributed by atoms with Gasteiger partial charge in [0.15, 0.2) is 6.61 Å². The lowest BCUT2D eigenvalue weighted by atomic mass is 10.2. The number of benzene rings is 1. The lowest BCUT2D eigenvalue weighted by Gasteiger charge is -2.13. The van der Waals surface area contributed by atoms with Crippen LogP contribution in [0.5, 0.6) is 5.75 Å². The van der Waals surface area contributed by atoms with Gasteiger partial charge in [0.25, 0.3) is 0 Å². The van der Waals surface area contributed by atoms with E-state index in [9.17, 15) is 22.8 Å². The fraction of sp³-hybridized carbons (Fsp3) is 0.429. The second kappa shape index (κ2) is 8.26. The number of unbranched alkanes of at least 4 members (excludes halogenated alkanes) is 1. The minimum absolute atomic E-state index is 0.0292. The van der Waals surface area contributed by atoms with Crippen molar-refractivity contribution >= 4 is 17.6 Å². The Morgan fingerprint density at radius 3 is 2.41 bits per heavy atom. The molecule has 0 aliphatic heterocycles. The van der Waals surface area contributed by atoms with Gasteiger partial charge in [-0.15, -0.1) is 0 Å². The van der Waals surface area contributed by atoms with Crippen LogP contribution in [0, 0.1) is 0 Å². The molecule has 0 saturated heterocycles. The molecule has 1 aromatic carbocycles. The Morgan fingerprint density at radius 1 is 1.14 bits per heavy atom. The van der Waals surface area contributed by atoms with E-state index in [-0.39, 0.29) is 24.3 Å². The number of hydrogen-bond donors (Lipinski definition) is 2. The van der Waals surface area contributed by atoms with Crippen LogP contribution in [0.1, 0.15) is 25.7 Å². The molecule has 1 amide bonds. The number of halogens is 3. The molecular formula is C14H16F3NO4. The molecule has 0 unspecified atom stereocenters. The summed E-state index contributed by atoms with van der Waals surface area (Å²) in [4.78, 5) is 22.0. The summed E-state index contributed by atoms with van der Waals surface area (Å²) in [6, 6.07) is 5.81. The van der Waals surface area contributed by atoms with E-state index < -0.39 is 24.7 Å². The number of anilines is 1. The van der Waals surface area contributed by atoms with E-state index in [2.05, 4.69) is 10.1 Å². The van der Waals surface area contributed by atoms with E-state index in [0.717, 1.165) is 0 Å². The number of carboxylic acids is 1. The summed E-state index contributed by atoms with van der Waals surface area (Å²) < 4.78 is 41.1. The Bertz CT molecular complexity index is 517. The molecule has 8 heteroatoms. The molecule has 5 nitrogen and oxygen atoms in total. The van der Waals surface area contributed by atoms with Crippen molar-refractivity contribution in [2.45, 2.75) is 31.9 Å². The van der Waals surface area contributed by atoms with Crippen molar-refractivity contribution in [3.8, 4) is 5.75 Å². The summed E-state index contributed by atoms with van der Waals surface area (Å²) in [7, 11) is 0. The number of alkyl halides is 3. The number of carbonyl (C=O) groups excluding carboxylic acids is 1. The largest absolute Gasteiger partial charge is 0.482 e. The van der Waals surface area contributed by atoms with Gasteiger partial charge in [0.05, 0.1) is 5.69 Å². The topological polar surface area (TPSA) is 75.6 Å². The van der Waals surface area contributed by atoms with Crippen LogP contribution in [0.2, 0.25) is 0 Å². The van der Waals surface area contributed by atoms with E-state index >= 15 is 0 Å². The summed E-state index contributed by atoms with van der Waals surface area (Å²) in [6.07, 6.45) is -3.67. The molecule has 0 spiro atoms. The molecule has 0 heterocycles. The van der Waals surface area contributed by atoms with Crippen molar-refractivity contribution in [3.05, 3.63) is 24.3 Å². The lowest BCUT2D eigenvalue weighted by molar-refractivity contribution is -0.153. The van der Waals surface area contributed by atoms with Gasteiger partial charge in [-0.25, -0.2) is 0 Å². The van der Waals surface area contributed by atoms with Crippen LogP contribution in [0.15, 0.2) is 24.3 Å². The predicted octanol–water partition coefficient (Wildman–Crippen LogP) is 3.21. The summed E-state index contributed by atoms with van der Waals surface area (Å²) in [5.41, 5.74) is 0.148. The number of aliphatic carboxylic acids is 1. The number of rotatable bonds is 8. The normalized spacial score (nSPS) is 11.0. The van der Waals surface area contributed by atoms with Gasteiger partial charge in [0.1, 0.15) is 5.75 Å². The highest BCUT2D eigenvalue weighted by Crippen LogP contribution is 2.26. The zero-order valence-corrected chi connectivity index (χ0v) is 11.7. The van der Waals surface area contributed by atoms with Crippen LogP contribution < -0.4 is 10.1 Å². The Balaban J connectivity index is 2.50. The molecule has 0 aliphatic rings. The quantitative estimate of drug-likeness (QED) is 0.721. The van der Waals surface area contributed by atoms with Gasteiger partial charge in [-0.2, -0.15) is 13.2 Å². The maximum atomic E-state index is 12.1. The number of hydrogen-bond acceptors (Lipinski definition) is 3. The smallest absolute Gasteiger partial charge is 0.422 e. The van der Waals surface area contributed by atoms with E-state index in [1.165, 1.54) is 18.2 Å². The molecule has 1 rings (SSSR count). The minimum atomic E-state index is -4.46. The third kappa shape index (κ3) is 7.51. The molecule has 0 radical (unpaired) electrons. The van der Waals surface area contributed by atoms with Crippen molar-refractivity contribution < 1.29 is 32.6 Å². The molecule has 122 valence electrons. The monoisotopic (exact) mass is 319 g/mol. The maximum absolute atomic E-state index is 12.1. The van der Waals surface area contributed by atoms with Crippen molar-refractivity contribution in [1.29, 1.82) is 0 Å². The van der Waals surface area contributed by atoms with Crippen molar-refractivity contribution in [1.82, 2.24) is 0 Å². The maximum Gasteiger partial charge on any atom is 0.422 e. The van der Waals surface area contributed by atoms with Gasteiger partial charge in [0, 0.05) is 12.8 Å². The Kier molecular flexibility index (Phi) is 6.68. The first-order chi connectivity index (χ1) is 10.3. The van der Waals surface area contributed by atoms with Gasteiger partial charge in [0.2, 0.25) is 5.91 Å². The van der Waals surface area contributed by atoms with Gasteiger partial charge < -0.3 is 15.2 Å². The zero-order valence-electron chi connectivity index (χ0n) is 11.7. The fourth-order valence-corrected chi connectivity index (χ4v) is 1.63. The van der Waals surface area contributed by atoms with Crippen molar-refractivity contribution in [2.24, 2.45) is 0 Å². The summed E-state index contributed by atoms with van der Waals surface area (Å²) in [6.45, 7) is -1.45. The van der Waals surface area contributed by atoms with Crippen LogP contribution in [-0.2, 0) is 9.59 Å². The molecule has 0 atom stereocenters. The van der Waals surface area contributed by atoms with Gasteiger partial charge >= 0.3 is 12.1 Å². The number of carbonyl (C=O) groups is 2. The average Bonchev–Trinajstić information content (AvgIpc) is 2.41. The van der Waals surface area contributed by atoms with E-state index in [4.69, 9.17) is 5.11 Å². The number of ether oxygens (including phenoxy) is 1. The van der Waals surface area contributed by atoms with E-state index in [1.54, 1.807) is 6.07 Å². The predicted molar refractivity (Wildman–Crippen MR) is 72.7 cm³/mol. The van der Waals surface area contributed by atoms with Crippen LogP contribution in [0.3, 0.4) is 0 Å². The lowest BCUT2D eigenvalue weighted by Crippen LogP contribution is -2.20. The molecule has 0 fully saturated rings. The number of para-hydroxylation sites is 2. The first kappa shape index (κ1) is 17.8. The van der Waals surface area contributed by atoms with Crippen LogP contribution in [-0.4, -0.2) is 29.8 Å². The third-order valence-electron chi connectivity index (χ3n) is 2.60. The highest BCUT2D eigenvalue weighted by molar-refractivity contribution is 5.92. The summed E-state index contributed by atoms with van der Waals surface area (Å²) in [5.74, 6) is -1.42. The molecule has 0 aromatic heterocycles. The molecule has 2 N–H and O–H groups in total. The fourth-order valence-electron chi connectivity index (χ4n) is 1.63. The van der Waals surface area contributed by atoms with E-state index in [0.29, 0.717) is 12.8 Å².